The highest BCUT2D eigenvalue weighted by atomic mass is 35.5. The zero-order valence-corrected chi connectivity index (χ0v) is 18.7. The van der Waals surface area contributed by atoms with Crippen molar-refractivity contribution in [1.29, 1.82) is 0 Å². The molecule has 0 radical (unpaired) electrons. The molecular weight excluding hydrogens is 528 g/mol. The molecule has 5 aromatic rings. The molecule has 37 heavy (non-hydrogen) atoms. The summed E-state index contributed by atoms with van der Waals surface area (Å²) in [4.78, 5) is 30.0. The van der Waals surface area contributed by atoms with Crippen LogP contribution in [-0.4, -0.2) is 31.6 Å². The van der Waals surface area contributed by atoms with Crippen LogP contribution < -0.4 is 10.7 Å². The minimum atomic E-state index is -5.11. The Morgan fingerprint density at radius 3 is 2.46 bits per heavy atom. The second kappa shape index (κ2) is 8.36. The Labute approximate surface area is 206 Å². The minimum absolute atomic E-state index is 0.0220. The maximum absolute atomic E-state index is 14.2. The number of hydrogen-bond donors (Lipinski definition) is 2. The van der Waals surface area contributed by atoms with Crippen molar-refractivity contribution < 1.29 is 35.9 Å². The van der Waals surface area contributed by atoms with Gasteiger partial charge in [-0.2, -0.15) is 31.4 Å². The van der Waals surface area contributed by atoms with E-state index in [1.54, 1.807) is 12.0 Å². The molecule has 0 atom stereocenters. The van der Waals surface area contributed by atoms with Gasteiger partial charge < -0.3 is 10.3 Å². The van der Waals surface area contributed by atoms with Gasteiger partial charge in [0.2, 0.25) is 0 Å². The Hall–Kier alpha value is -4.35. The van der Waals surface area contributed by atoms with Gasteiger partial charge in [0.25, 0.3) is 5.91 Å². The molecule has 7 nitrogen and oxygen atoms in total. The number of nitrogens with one attached hydrogen (secondary N) is 2. The lowest BCUT2D eigenvalue weighted by Crippen LogP contribution is -2.21. The molecule has 0 aliphatic heterocycles. The van der Waals surface area contributed by atoms with Crippen LogP contribution in [0.3, 0.4) is 0 Å². The summed E-state index contributed by atoms with van der Waals surface area (Å²) in [6, 6.07) is 7.23. The molecule has 14 heteroatoms. The van der Waals surface area contributed by atoms with Gasteiger partial charge in [-0.15, -0.1) is 0 Å². The maximum atomic E-state index is 14.2. The number of carbonyl (C=O) groups excluding carboxylic acids is 2. The summed E-state index contributed by atoms with van der Waals surface area (Å²) in [5.41, 5.74) is -4.02. The van der Waals surface area contributed by atoms with E-state index in [0.717, 1.165) is 12.3 Å². The van der Waals surface area contributed by atoms with Crippen molar-refractivity contribution in [3.63, 3.8) is 0 Å². The number of halogens is 7. The number of nitrogens with zero attached hydrogens (tertiary/aromatic N) is 3. The highest BCUT2D eigenvalue weighted by Crippen LogP contribution is 2.39. The Morgan fingerprint density at radius 1 is 1.05 bits per heavy atom. The van der Waals surface area contributed by atoms with Crippen LogP contribution >= 0.6 is 11.6 Å². The molecule has 0 fully saturated rings. The summed E-state index contributed by atoms with van der Waals surface area (Å²) < 4.78 is 82.0. The average Bonchev–Trinajstić information content (AvgIpc) is 3.44. The van der Waals surface area contributed by atoms with Crippen LogP contribution in [0.5, 0.6) is 0 Å². The quantitative estimate of drug-likeness (QED) is 0.314. The largest absolute Gasteiger partial charge is 0.434 e. The second-order valence-corrected chi connectivity index (χ2v) is 8.19. The summed E-state index contributed by atoms with van der Waals surface area (Å²) in [5.74, 6) is 0.370. The van der Waals surface area contributed by atoms with Crippen molar-refractivity contribution in [3.8, 4) is 5.69 Å². The zero-order chi connectivity index (χ0) is 26.7. The lowest BCUT2D eigenvalue weighted by Gasteiger charge is -2.15. The van der Waals surface area contributed by atoms with Gasteiger partial charge in [0.15, 0.2) is 11.6 Å². The lowest BCUT2D eigenvalue weighted by molar-refractivity contribution is -0.143. The summed E-state index contributed by atoms with van der Waals surface area (Å²) in [5, 5.41) is 6.77. The molecule has 1 amide bonds. The number of hydrogen-bond acceptors (Lipinski definition) is 4. The number of H-pyrrole nitrogens is 1. The fourth-order valence-electron chi connectivity index (χ4n) is 4.03. The van der Waals surface area contributed by atoms with Gasteiger partial charge in [-0.05, 0) is 18.2 Å². The van der Waals surface area contributed by atoms with Gasteiger partial charge in [-0.1, -0.05) is 29.8 Å². The van der Waals surface area contributed by atoms with E-state index in [-0.39, 0.29) is 21.4 Å². The number of carbonyl (C=O) groups is 1. The number of aromatic amines is 1. The highest BCUT2D eigenvalue weighted by Gasteiger charge is 2.41. The second-order valence-electron chi connectivity index (χ2n) is 7.78. The third kappa shape index (κ3) is 4.07. The van der Waals surface area contributed by atoms with E-state index < -0.39 is 40.9 Å². The van der Waals surface area contributed by atoms with E-state index in [1.807, 2.05) is 5.32 Å². The third-order valence-electron chi connectivity index (χ3n) is 5.53. The predicted octanol–water partition coefficient (Wildman–Crippen LogP) is 5.07. The molecule has 3 heterocycles. The smallest absolute Gasteiger partial charge is 0.344 e. The molecule has 0 unspecified atom stereocenters. The first-order valence-corrected chi connectivity index (χ1v) is 10.6. The van der Waals surface area contributed by atoms with Crippen molar-refractivity contribution in [2.45, 2.75) is 12.4 Å². The van der Waals surface area contributed by atoms with Crippen molar-refractivity contribution in [2.75, 3.05) is 5.32 Å². The standard InChI is InChI=1S/C23H10ClF6N5O2/c24-14-7-16(12-3-1-2-11-15(9-36)34-19(14)18(11)12)35-20(23(28,29)30)13(8-32-35)21(37)33-10-4-5-31-17(6-10)22(25,26)27/h1-8,34H,(H,31,33,37). The summed E-state index contributed by atoms with van der Waals surface area (Å²) in [6.45, 7) is 0. The molecule has 0 aliphatic rings. The van der Waals surface area contributed by atoms with Crippen molar-refractivity contribution in [3.05, 3.63) is 76.1 Å². The molecule has 2 N–H and O–H groups in total. The number of alkyl halides is 6. The zero-order valence-electron chi connectivity index (χ0n) is 17.9. The number of rotatable bonds is 3. The first-order valence-electron chi connectivity index (χ1n) is 10.2. The molecule has 0 saturated heterocycles. The molecule has 0 bridgehead atoms. The summed E-state index contributed by atoms with van der Waals surface area (Å²) in [7, 11) is 0. The lowest BCUT2D eigenvalue weighted by atomic mass is 10.0. The average molecular weight is 538 g/mol. The van der Waals surface area contributed by atoms with Crippen LogP contribution in [-0.2, 0) is 17.1 Å². The van der Waals surface area contributed by atoms with Crippen LogP contribution in [0.4, 0.5) is 32.0 Å². The van der Waals surface area contributed by atoms with Crippen LogP contribution in [0.2, 0.25) is 5.02 Å². The van der Waals surface area contributed by atoms with Gasteiger partial charge >= 0.3 is 12.4 Å². The Kier molecular flexibility index (Phi) is 5.50. The molecule has 0 aliphatic carbocycles. The normalized spacial score (nSPS) is 12.3. The Balaban J connectivity index is 1.67. The van der Waals surface area contributed by atoms with E-state index in [2.05, 4.69) is 15.1 Å². The minimum Gasteiger partial charge on any atom is -0.344 e. The fraction of sp³-hybridized carbons (Fsp3) is 0.0870. The SMILES string of the molecule is O=C=c1[nH]c2c(Cl)cc(-n3ncc(C(=O)Nc4ccnc(C(F)(F)F)c4)c3C(F)(F)F)c3cccc1c32. The molecule has 0 spiro atoms. The van der Waals surface area contributed by atoms with E-state index in [0.29, 0.717) is 33.2 Å². The van der Waals surface area contributed by atoms with Crippen LogP contribution in [0, 0.1) is 0 Å². The number of pyridine rings is 1. The van der Waals surface area contributed by atoms with Crippen LogP contribution in [0.25, 0.3) is 27.4 Å². The van der Waals surface area contributed by atoms with Crippen LogP contribution in [0.1, 0.15) is 21.7 Å². The first-order chi connectivity index (χ1) is 17.4. The van der Waals surface area contributed by atoms with E-state index >= 15 is 0 Å². The van der Waals surface area contributed by atoms with E-state index in [4.69, 9.17) is 11.6 Å². The molecule has 5 rings (SSSR count). The summed E-state index contributed by atoms with van der Waals surface area (Å²) >= 11 is 6.30. The highest BCUT2D eigenvalue weighted by molar-refractivity contribution is 6.37. The monoisotopic (exact) mass is 537 g/mol. The topological polar surface area (TPSA) is 92.7 Å². The molecule has 0 saturated carbocycles. The number of amides is 1. The number of anilines is 1. The predicted molar refractivity (Wildman–Crippen MR) is 120 cm³/mol. The van der Waals surface area contributed by atoms with Crippen molar-refractivity contribution in [1.82, 2.24) is 19.7 Å². The molecule has 188 valence electrons. The van der Waals surface area contributed by atoms with Crippen molar-refractivity contribution in [2.24, 2.45) is 0 Å². The molecular formula is C23H10ClF6N5O2. The third-order valence-corrected chi connectivity index (χ3v) is 5.83. The van der Waals surface area contributed by atoms with Gasteiger partial charge in [0.1, 0.15) is 11.0 Å². The number of aromatic nitrogens is 4. The fourth-order valence-corrected chi connectivity index (χ4v) is 4.28. The van der Waals surface area contributed by atoms with Crippen molar-refractivity contribution >= 4 is 50.8 Å². The van der Waals surface area contributed by atoms with Gasteiger partial charge in [-0.3, -0.25) is 9.78 Å². The van der Waals surface area contributed by atoms with E-state index in [9.17, 15) is 35.9 Å². The maximum Gasteiger partial charge on any atom is 0.434 e. The Morgan fingerprint density at radius 2 is 1.78 bits per heavy atom. The van der Waals surface area contributed by atoms with Gasteiger partial charge in [0, 0.05) is 28.0 Å². The van der Waals surface area contributed by atoms with E-state index in [1.165, 1.54) is 18.2 Å². The van der Waals surface area contributed by atoms with Gasteiger partial charge in [-0.25, -0.2) is 9.48 Å². The Bertz CT molecular complexity index is 1780. The number of benzene rings is 2. The molecule has 2 aromatic carbocycles. The van der Waals surface area contributed by atoms with Gasteiger partial charge in [0.05, 0.1) is 28.0 Å². The molecule has 3 aromatic heterocycles. The summed E-state index contributed by atoms with van der Waals surface area (Å²) in [6.07, 6.45) is -8.53. The van der Waals surface area contributed by atoms with Crippen LogP contribution in [0.15, 0.2) is 48.8 Å². The first kappa shape index (κ1) is 24.3.